The highest BCUT2D eigenvalue weighted by atomic mass is 16.5. The lowest BCUT2D eigenvalue weighted by molar-refractivity contribution is -0.115. The quantitative estimate of drug-likeness (QED) is 0.941. The SMILES string of the molecule is CC(NC1C2CCOC2C1(C)C)c1ccc(-n2ccnc2)cc1. The minimum absolute atomic E-state index is 0.228. The van der Waals surface area contributed by atoms with Crippen LogP contribution in [0.3, 0.4) is 0 Å². The van der Waals surface area contributed by atoms with E-state index in [1.165, 1.54) is 12.0 Å². The van der Waals surface area contributed by atoms with Crippen LogP contribution in [0.25, 0.3) is 5.69 Å². The summed E-state index contributed by atoms with van der Waals surface area (Å²) in [5, 5.41) is 3.85. The summed E-state index contributed by atoms with van der Waals surface area (Å²) in [5.74, 6) is 0.678. The Morgan fingerprint density at radius 1 is 1.30 bits per heavy atom. The molecule has 0 amide bonds. The van der Waals surface area contributed by atoms with Gasteiger partial charge in [0.25, 0.3) is 0 Å². The number of fused-ring (bicyclic) bond motifs is 1. The van der Waals surface area contributed by atoms with Gasteiger partial charge in [-0.1, -0.05) is 26.0 Å². The second-order valence-electron chi connectivity index (χ2n) is 7.49. The first kappa shape index (κ1) is 14.9. The Morgan fingerprint density at radius 2 is 2.09 bits per heavy atom. The average molecular weight is 311 g/mol. The molecular weight excluding hydrogens is 286 g/mol. The molecule has 1 aromatic heterocycles. The van der Waals surface area contributed by atoms with Gasteiger partial charge in [-0.25, -0.2) is 4.98 Å². The lowest BCUT2D eigenvalue weighted by Crippen LogP contribution is -2.66. The van der Waals surface area contributed by atoms with Crippen LogP contribution in [-0.4, -0.2) is 28.3 Å². The van der Waals surface area contributed by atoms with Crippen LogP contribution in [0, 0.1) is 11.3 Å². The van der Waals surface area contributed by atoms with Crippen LogP contribution in [-0.2, 0) is 4.74 Å². The van der Waals surface area contributed by atoms with Crippen molar-refractivity contribution in [2.45, 2.75) is 45.4 Å². The van der Waals surface area contributed by atoms with Gasteiger partial charge >= 0.3 is 0 Å². The van der Waals surface area contributed by atoms with Crippen LogP contribution in [0.2, 0.25) is 0 Å². The van der Waals surface area contributed by atoms with E-state index in [1.807, 2.05) is 17.1 Å². The van der Waals surface area contributed by atoms with E-state index < -0.39 is 0 Å². The number of imidazole rings is 1. The first-order valence-electron chi connectivity index (χ1n) is 8.53. The molecule has 1 N–H and O–H groups in total. The van der Waals surface area contributed by atoms with E-state index in [1.54, 1.807) is 6.20 Å². The molecule has 4 unspecified atom stereocenters. The number of benzene rings is 1. The first-order chi connectivity index (χ1) is 11.1. The molecule has 4 nitrogen and oxygen atoms in total. The highest BCUT2D eigenvalue weighted by Crippen LogP contribution is 2.52. The summed E-state index contributed by atoms with van der Waals surface area (Å²) in [6.07, 6.45) is 7.23. The zero-order valence-electron chi connectivity index (χ0n) is 14.1. The summed E-state index contributed by atoms with van der Waals surface area (Å²) in [6, 6.07) is 9.62. The van der Waals surface area contributed by atoms with E-state index in [4.69, 9.17) is 4.74 Å². The molecule has 1 aliphatic heterocycles. The minimum atomic E-state index is 0.228. The highest BCUT2D eigenvalue weighted by molar-refractivity contribution is 5.35. The van der Waals surface area contributed by atoms with Crippen LogP contribution in [0.15, 0.2) is 43.0 Å². The molecule has 23 heavy (non-hydrogen) atoms. The summed E-state index contributed by atoms with van der Waals surface area (Å²) < 4.78 is 7.92. The van der Waals surface area contributed by atoms with Crippen LogP contribution in [0.4, 0.5) is 0 Å². The van der Waals surface area contributed by atoms with Crippen molar-refractivity contribution in [3.05, 3.63) is 48.5 Å². The Labute approximate surface area is 137 Å². The minimum Gasteiger partial charge on any atom is -0.377 e. The largest absolute Gasteiger partial charge is 0.377 e. The lowest BCUT2D eigenvalue weighted by Gasteiger charge is -2.55. The Morgan fingerprint density at radius 3 is 2.78 bits per heavy atom. The average Bonchev–Trinajstić information content (AvgIpc) is 3.23. The van der Waals surface area contributed by atoms with Gasteiger partial charge < -0.3 is 14.6 Å². The van der Waals surface area contributed by atoms with E-state index in [-0.39, 0.29) is 5.41 Å². The Bertz CT molecular complexity index is 662. The van der Waals surface area contributed by atoms with E-state index >= 15 is 0 Å². The third kappa shape index (κ3) is 2.41. The maximum atomic E-state index is 5.89. The molecule has 1 aromatic carbocycles. The Kier molecular flexibility index (Phi) is 3.54. The topological polar surface area (TPSA) is 39.1 Å². The lowest BCUT2D eigenvalue weighted by atomic mass is 9.57. The van der Waals surface area contributed by atoms with Crippen molar-refractivity contribution in [2.24, 2.45) is 11.3 Å². The van der Waals surface area contributed by atoms with Gasteiger partial charge in [-0.3, -0.25) is 0 Å². The summed E-state index contributed by atoms with van der Waals surface area (Å²) in [6.45, 7) is 7.83. The zero-order valence-corrected chi connectivity index (χ0v) is 14.1. The summed E-state index contributed by atoms with van der Waals surface area (Å²) in [4.78, 5) is 4.10. The van der Waals surface area contributed by atoms with Gasteiger partial charge in [0.05, 0.1) is 12.4 Å². The van der Waals surface area contributed by atoms with E-state index in [0.29, 0.717) is 24.1 Å². The molecule has 1 aliphatic carbocycles. The predicted octanol–water partition coefficient (Wildman–Crippen LogP) is 3.34. The van der Waals surface area contributed by atoms with Gasteiger partial charge in [0.1, 0.15) is 0 Å². The number of hydrogen-bond acceptors (Lipinski definition) is 3. The van der Waals surface area contributed by atoms with E-state index in [9.17, 15) is 0 Å². The maximum absolute atomic E-state index is 5.89. The van der Waals surface area contributed by atoms with Crippen molar-refractivity contribution in [1.29, 1.82) is 0 Å². The molecule has 1 saturated heterocycles. The van der Waals surface area contributed by atoms with Gasteiger partial charge in [0.15, 0.2) is 0 Å². The third-order valence-corrected chi connectivity index (χ3v) is 5.73. The summed E-state index contributed by atoms with van der Waals surface area (Å²) in [7, 11) is 0. The molecule has 4 atom stereocenters. The number of aromatic nitrogens is 2. The van der Waals surface area contributed by atoms with E-state index in [2.05, 4.69) is 55.3 Å². The summed E-state index contributed by atoms with van der Waals surface area (Å²) in [5.41, 5.74) is 2.70. The van der Waals surface area contributed by atoms with E-state index in [0.717, 1.165) is 12.3 Å². The predicted molar refractivity (Wildman–Crippen MR) is 90.5 cm³/mol. The molecule has 2 aliphatic rings. The molecule has 4 heteroatoms. The molecule has 2 fully saturated rings. The number of nitrogens with one attached hydrogen (secondary N) is 1. The molecule has 0 bridgehead atoms. The van der Waals surface area contributed by atoms with Crippen molar-refractivity contribution >= 4 is 0 Å². The van der Waals surface area contributed by atoms with Crippen LogP contribution < -0.4 is 5.32 Å². The molecular formula is C19H25N3O. The van der Waals surface area contributed by atoms with Gasteiger partial charge in [0.2, 0.25) is 0 Å². The molecule has 2 aromatic rings. The fourth-order valence-electron chi connectivity index (χ4n) is 4.38. The van der Waals surface area contributed by atoms with Gasteiger partial charge in [-0.2, -0.15) is 0 Å². The fourth-order valence-corrected chi connectivity index (χ4v) is 4.38. The Hall–Kier alpha value is -1.65. The van der Waals surface area contributed by atoms with Crippen molar-refractivity contribution in [2.75, 3.05) is 6.61 Å². The van der Waals surface area contributed by atoms with Crippen molar-refractivity contribution in [1.82, 2.24) is 14.9 Å². The van der Waals surface area contributed by atoms with Crippen molar-refractivity contribution < 1.29 is 4.74 Å². The number of ether oxygens (including phenoxy) is 1. The number of rotatable bonds is 4. The first-order valence-corrected chi connectivity index (χ1v) is 8.53. The molecule has 2 heterocycles. The number of hydrogen-bond donors (Lipinski definition) is 1. The van der Waals surface area contributed by atoms with Crippen LogP contribution in [0.1, 0.15) is 38.8 Å². The maximum Gasteiger partial charge on any atom is 0.0991 e. The third-order valence-electron chi connectivity index (χ3n) is 5.73. The monoisotopic (exact) mass is 311 g/mol. The molecule has 0 spiro atoms. The van der Waals surface area contributed by atoms with Gasteiger partial charge in [0, 0.05) is 48.1 Å². The highest BCUT2D eigenvalue weighted by Gasteiger charge is 2.59. The van der Waals surface area contributed by atoms with Crippen molar-refractivity contribution in [3.63, 3.8) is 0 Å². The molecule has 4 rings (SSSR count). The summed E-state index contributed by atoms with van der Waals surface area (Å²) >= 11 is 0. The Balaban J connectivity index is 1.46. The smallest absolute Gasteiger partial charge is 0.0991 e. The van der Waals surface area contributed by atoms with Crippen LogP contribution >= 0.6 is 0 Å². The van der Waals surface area contributed by atoms with Crippen molar-refractivity contribution in [3.8, 4) is 5.69 Å². The second-order valence-corrected chi connectivity index (χ2v) is 7.49. The van der Waals surface area contributed by atoms with Crippen LogP contribution in [0.5, 0.6) is 0 Å². The van der Waals surface area contributed by atoms with Gasteiger partial charge in [-0.15, -0.1) is 0 Å². The second kappa shape index (κ2) is 5.46. The normalized spacial score (nSPS) is 29.8. The fraction of sp³-hybridized carbons (Fsp3) is 0.526. The molecule has 122 valence electrons. The standard InChI is InChI=1S/C19H25N3O/c1-13(21-17-16-8-11-23-18(16)19(17,2)3)14-4-6-15(7-5-14)22-10-9-20-12-22/h4-7,9-10,12-13,16-18,21H,8,11H2,1-3H3. The molecule has 0 radical (unpaired) electrons. The number of nitrogens with zero attached hydrogens (tertiary/aromatic N) is 2. The van der Waals surface area contributed by atoms with Gasteiger partial charge in [-0.05, 0) is 31.0 Å². The zero-order chi connectivity index (χ0) is 16.0. The molecule has 1 saturated carbocycles.